The molecule has 6 nitrogen and oxygen atoms in total. The minimum absolute atomic E-state index is 0.0471. The van der Waals surface area contributed by atoms with E-state index in [1.54, 1.807) is 29.6 Å². The fourth-order valence-electron chi connectivity index (χ4n) is 3.31. The zero-order valence-corrected chi connectivity index (χ0v) is 17.7. The number of piperazine rings is 1. The third kappa shape index (κ3) is 4.42. The summed E-state index contributed by atoms with van der Waals surface area (Å²) in [4.78, 5) is 2.50. The van der Waals surface area contributed by atoms with Crippen molar-refractivity contribution in [3.63, 3.8) is 0 Å². The molecular formula is C21H28N2O4S. The van der Waals surface area contributed by atoms with Crippen LogP contribution in [0, 0.1) is 6.92 Å². The molecule has 0 aromatic heterocycles. The van der Waals surface area contributed by atoms with Crippen molar-refractivity contribution in [3.05, 3.63) is 48.0 Å². The van der Waals surface area contributed by atoms with Gasteiger partial charge in [-0.2, -0.15) is 4.31 Å². The number of sulfonamides is 1. The molecule has 0 N–H and O–H groups in total. The second-order valence-corrected chi connectivity index (χ2v) is 9.12. The number of hydrogen-bond acceptors (Lipinski definition) is 5. The number of benzene rings is 2. The Morgan fingerprint density at radius 1 is 1.00 bits per heavy atom. The predicted molar refractivity (Wildman–Crippen MR) is 111 cm³/mol. The molecule has 1 heterocycles. The summed E-state index contributed by atoms with van der Waals surface area (Å²) in [6, 6.07) is 12.9. The summed E-state index contributed by atoms with van der Waals surface area (Å²) in [5, 5.41) is 0. The molecule has 3 rings (SSSR count). The highest BCUT2D eigenvalue weighted by Gasteiger charge is 2.29. The fourth-order valence-corrected chi connectivity index (χ4v) is 4.82. The highest BCUT2D eigenvalue weighted by Crippen LogP contribution is 2.27. The van der Waals surface area contributed by atoms with E-state index in [-0.39, 0.29) is 6.10 Å². The number of anilines is 1. The molecular weight excluding hydrogens is 376 g/mol. The molecule has 152 valence electrons. The van der Waals surface area contributed by atoms with Crippen molar-refractivity contribution < 1.29 is 17.9 Å². The molecule has 0 atom stereocenters. The van der Waals surface area contributed by atoms with Gasteiger partial charge in [0, 0.05) is 37.9 Å². The summed E-state index contributed by atoms with van der Waals surface area (Å²) >= 11 is 0. The Labute approximate surface area is 167 Å². The first-order valence-electron chi connectivity index (χ1n) is 9.47. The summed E-state index contributed by atoms with van der Waals surface area (Å²) in [7, 11) is -1.88. The Bertz CT molecular complexity index is 920. The predicted octanol–water partition coefficient (Wildman–Crippen LogP) is 3.30. The van der Waals surface area contributed by atoms with Crippen LogP contribution in [0.1, 0.15) is 19.4 Å². The van der Waals surface area contributed by atoms with E-state index in [2.05, 4.69) is 4.90 Å². The fraction of sp³-hybridized carbons (Fsp3) is 0.429. The van der Waals surface area contributed by atoms with Gasteiger partial charge in [-0.15, -0.1) is 0 Å². The van der Waals surface area contributed by atoms with Gasteiger partial charge in [0.15, 0.2) is 0 Å². The molecule has 0 amide bonds. The van der Waals surface area contributed by atoms with E-state index >= 15 is 0 Å². The summed E-state index contributed by atoms with van der Waals surface area (Å²) in [6.45, 7) is 7.95. The number of aryl methyl sites for hydroxylation is 1. The van der Waals surface area contributed by atoms with Gasteiger partial charge in [-0.05, 0) is 56.7 Å². The Morgan fingerprint density at radius 3 is 2.32 bits per heavy atom. The van der Waals surface area contributed by atoms with Crippen molar-refractivity contribution in [2.45, 2.75) is 31.8 Å². The van der Waals surface area contributed by atoms with Gasteiger partial charge in [-0.25, -0.2) is 8.42 Å². The van der Waals surface area contributed by atoms with Crippen molar-refractivity contribution in [2.75, 3.05) is 38.2 Å². The first-order chi connectivity index (χ1) is 13.3. The molecule has 2 aromatic carbocycles. The zero-order valence-electron chi connectivity index (χ0n) is 16.9. The Morgan fingerprint density at radius 2 is 1.71 bits per heavy atom. The molecule has 2 aromatic rings. The molecule has 0 bridgehead atoms. The lowest BCUT2D eigenvalue weighted by Crippen LogP contribution is -2.48. The molecule has 1 aliphatic rings. The van der Waals surface area contributed by atoms with Crippen molar-refractivity contribution in [3.8, 4) is 11.5 Å². The largest absolute Gasteiger partial charge is 0.497 e. The second-order valence-electron chi connectivity index (χ2n) is 7.19. The third-order valence-electron chi connectivity index (χ3n) is 4.80. The maximum absolute atomic E-state index is 13.1. The molecule has 0 aliphatic carbocycles. The quantitative estimate of drug-likeness (QED) is 0.739. The first kappa shape index (κ1) is 20.5. The van der Waals surface area contributed by atoms with Gasteiger partial charge in [0.2, 0.25) is 10.0 Å². The van der Waals surface area contributed by atoms with Crippen LogP contribution < -0.4 is 14.4 Å². The molecule has 7 heteroatoms. The van der Waals surface area contributed by atoms with Gasteiger partial charge in [0.25, 0.3) is 0 Å². The van der Waals surface area contributed by atoms with Crippen LogP contribution in [0.15, 0.2) is 47.4 Å². The molecule has 28 heavy (non-hydrogen) atoms. The van der Waals surface area contributed by atoms with E-state index < -0.39 is 10.0 Å². The molecule has 0 saturated carbocycles. The van der Waals surface area contributed by atoms with E-state index in [1.807, 2.05) is 45.0 Å². The van der Waals surface area contributed by atoms with Crippen LogP contribution in [0.3, 0.4) is 0 Å². The van der Waals surface area contributed by atoms with E-state index in [4.69, 9.17) is 9.47 Å². The molecule has 1 saturated heterocycles. The number of nitrogens with zero attached hydrogens (tertiary/aromatic N) is 2. The standard InChI is InChI=1S/C21H28N2O4S/c1-16(2)27-21-9-8-20(14-17(21)3)28(24,25)23-12-10-22(11-13-23)18-6-5-7-19(15-18)26-4/h5-9,14-16H,10-13H2,1-4H3. The third-order valence-corrected chi connectivity index (χ3v) is 6.70. The average molecular weight is 405 g/mol. The minimum Gasteiger partial charge on any atom is -0.497 e. The van der Waals surface area contributed by atoms with Crippen molar-refractivity contribution in [1.82, 2.24) is 4.31 Å². The minimum atomic E-state index is -3.52. The summed E-state index contributed by atoms with van der Waals surface area (Å²) < 4.78 is 38.7. The topological polar surface area (TPSA) is 59.1 Å². The lowest BCUT2D eigenvalue weighted by Gasteiger charge is -2.35. The molecule has 1 fully saturated rings. The second kappa shape index (κ2) is 8.41. The van der Waals surface area contributed by atoms with Crippen molar-refractivity contribution >= 4 is 15.7 Å². The lowest BCUT2D eigenvalue weighted by atomic mass is 10.2. The van der Waals surface area contributed by atoms with Crippen LogP contribution >= 0.6 is 0 Å². The van der Waals surface area contributed by atoms with E-state index in [9.17, 15) is 8.42 Å². The van der Waals surface area contributed by atoms with E-state index in [1.165, 1.54) is 0 Å². The Hall–Kier alpha value is -2.25. The SMILES string of the molecule is COc1cccc(N2CCN(S(=O)(=O)c3ccc(OC(C)C)c(C)c3)CC2)c1. The zero-order chi connectivity index (χ0) is 20.3. The smallest absolute Gasteiger partial charge is 0.243 e. The average Bonchev–Trinajstić information content (AvgIpc) is 2.69. The Balaban J connectivity index is 1.71. The van der Waals surface area contributed by atoms with Gasteiger partial charge >= 0.3 is 0 Å². The van der Waals surface area contributed by atoms with Crippen LogP contribution in [-0.2, 0) is 10.0 Å². The number of ether oxygens (including phenoxy) is 2. The summed E-state index contributed by atoms with van der Waals surface area (Å²) in [5.74, 6) is 1.52. The van der Waals surface area contributed by atoms with Crippen LogP contribution in [0.5, 0.6) is 11.5 Å². The van der Waals surface area contributed by atoms with Crippen molar-refractivity contribution in [2.24, 2.45) is 0 Å². The number of rotatable bonds is 6. The Kier molecular flexibility index (Phi) is 6.15. The van der Waals surface area contributed by atoms with Gasteiger partial charge in [-0.3, -0.25) is 0 Å². The van der Waals surface area contributed by atoms with Crippen LogP contribution in [0.2, 0.25) is 0 Å². The van der Waals surface area contributed by atoms with Crippen LogP contribution in [0.25, 0.3) is 0 Å². The summed E-state index contributed by atoms with van der Waals surface area (Å²) in [6.07, 6.45) is 0.0471. The highest BCUT2D eigenvalue weighted by molar-refractivity contribution is 7.89. The molecule has 0 unspecified atom stereocenters. The molecule has 1 aliphatic heterocycles. The first-order valence-corrected chi connectivity index (χ1v) is 10.9. The van der Waals surface area contributed by atoms with Crippen LogP contribution in [-0.4, -0.2) is 52.1 Å². The van der Waals surface area contributed by atoms with Crippen molar-refractivity contribution in [1.29, 1.82) is 0 Å². The van der Waals surface area contributed by atoms with E-state index in [0.717, 1.165) is 22.7 Å². The van der Waals surface area contributed by atoms with Crippen LogP contribution in [0.4, 0.5) is 5.69 Å². The monoisotopic (exact) mass is 404 g/mol. The van der Waals surface area contributed by atoms with E-state index in [0.29, 0.717) is 31.1 Å². The maximum Gasteiger partial charge on any atom is 0.243 e. The van der Waals surface area contributed by atoms with Gasteiger partial charge < -0.3 is 14.4 Å². The van der Waals surface area contributed by atoms with Gasteiger partial charge in [0.05, 0.1) is 18.1 Å². The number of hydrogen-bond donors (Lipinski definition) is 0. The van der Waals surface area contributed by atoms with Gasteiger partial charge in [-0.1, -0.05) is 6.07 Å². The highest BCUT2D eigenvalue weighted by atomic mass is 32.2. The maximum atomic E-state index is 13.1. The lowest BCUT2D eigenvalue weighted by molar-refractivity contribution is 0.240. The molecule has 0 radical (unpaired) electrons. The normalized spacial score (nSPS) is 15.7. The molecule has 0 spiro atoms. The summed E-state index contributed by atoms with van der Waals surface area (Å²) in [5.41, 5.74) is 1.87. The van der Waals surface area contributed by atoms with Gasteiger partial charge in [0.1, 0.15) is 11.5 Å². The number of methoxy groups -OCH3 is 1.